The zero-order valence-electron chi connectivity index (χ0n) is 20.2. The van der Waals surface area contributed by atoms with Crippen molar-refractivity contribution in [3.63, 3.8) is 0 Å². The van der Waals surface area contributed by atoms with Crippen LogP contribution in [0.1, 0.15) is 35.1 Å². The van der Waals surface area contributed by atoms with Crippen LogP contribution in [-0.2, 0) is 14.3 Å². The molecule has 0 fully saturated rings. The molecule has 1 aliphatic heterocycles. The van der Waals surface area contributed by atoms with E-state index in [2.05, 4.69) is 61.2 Å². The molecular weight excluding hydrogens is 496 g/mol. The van der Waals surface area contributed by atoms with Crippen molar-refractivity contribution in [1.82, 2.24) is 5.32 Å². The number of nitrogens with one attached hydrogen (secondary N) is 1. The number of aryl methyl sites for hydroxylation is 2. The van der Waals surface area contributed by atoms with Crippen LogP contribution >= 0.6 is 29.8 Å². The summed E-state index contributed by atoms with van der Waals surface area (Å²) in [5, 5.41) is 15.7. The van der Waals surface area contributed by atoms with Crippen LogP contribution in [-0.4, -0.2) is 36.8 Å². The molecule has 3 aromatic rings. The Labute approximate surface area is 214 Å². The van der Waals surface area contributed by atoms with Crippen LogP contribution in [0.2, 0.25) is 0 Å². The van der Waals surface area contributed by atoms with E-state index in [9.17, 15) is 9.59 Å². The van der Waals surface area contributed by atoms with Gasteiger partial charge in [0.05, 0.1) is 24.4 Å². The van der Waals surface area contributed by atoms with Gasteiger partial charge in [-0.25, -0.2) is 5.01 Å². The predicted octanol–water partition coefficient (Wildman–Crippen LogP) is 3.42. The number of benzene rings is 2. The van der Waals surface area contributed by atoms with Crippen molar-refractivity contribution in [2.45, 2.75) is 32.2 Å². The number of esters is 1. The molecule has 0 aliphatic carbocycles. The minimum atomic E-state index is -1.14. The number of hydrogen-bond acceptors (Lipinski definition) is 6. The van der Waals surface area contributed by atoms with Gasteiger partial charge in [0.25, 0.3) is 0 Å². The first-order valence-corrected chi connectivity index (χ1v) is 13.2. The number of hydrazone groups is 1. The summed E-state index contributed by atoms with van der Waals surface area (Å²) in [6, 6.07) is 14.3. The second kappa shape index (κ2) is 10.2. The number of amides is 1. The van der Waals surface area contributed by atoms with Crippen molar-refractivity contribution in [2.75, 3.05) is 18.7 Å². The number of hydrogen-bond donors (Lipinski definition) is 1. The number of anilines is 1. The van der Waals surface area contributed by atoms with E-state index in [1.807, 2.05) is 41.6 Å². The molecule has 182 valence electrons. The smallest absolute Gasteiger partial charge is 0.325 e. The van der Waals surface area contributed by atoms with Gasteiger partial charge in [0.15, 0.2) is 5.54 Å². The predicted molar refractivity (Wildman–Crippen MR) is 151 cm³/mol. The van der Waals surface area contributed by atoms with Crippen LogP contribution < -0.4 is 20.9 Å². The van der Waals surface area contributed by atoms with E-state index < -0.39 is 11.5 Å². The van der Waals surface area contributed by atoms with E-state index in [1.165, 1.54) is 7.11 Å². The lowest BCUT2D eigenvalue weighted by Crippen LogP contribution is -2.58. The van der Waals surface area contributed by atoms with Gasteiger partial charge >= 0.3 is 5.97 Å². The number of methoxy groups -OCH3 is 1. The summed E-state index contributed by atoms with van der Waals surface area (Å²) >= 11 is 1.58. The molecule has 2 aromatic carbocycles. The molecule has 35 heavy (non-hydrogen) atoms. The average molecular weight is 526 g/mol. The molecule has 0 radical (unpaired) electrons. The van der Waals surface area contributed by atoms with Gasteiger partial charge in [0, 0.05) is 5.56 Å². The van der Waals surface area contributed by atoms with Crippen molar-refractivity contribution in [3.8, 4) is 0 Å². The third kappa shape index (κ3) is 4.78. The Bertz CT molecular complexity index is 1310. The molecule has 0 saturated carbocycles. The van der Waals surface area contributed by atoms with E-state index in [0.717, 1.165) is 44.3 Å². The fourth-order valence-corrected chi connectivity index (χ4v) is 6.16. The Balaban J connectivity index is 1.93. The van der Waals surface area contributed by atoms with Gasteiger partial charge in [0.1, 0.15) is 6.54 Å². The maximum atomic E-state index is 13.9. The lowest BCUT2D eigenvalue weighted by Gasteiger charge is -2.38. The Morgan fingerprint density at radius 1 is 1.17 bits per heavy atom. The molecule has 4 atom stereocenters. The zero-order chi connectivity index (χ0) is 25.3. The third-order valence-electron chi connectivity index (χ3n) is 6.38. The SMILES string of the molecule is COC(=O)CNC(=O)C1(C)C(c2ccsc2)C(c2ccc(C)cc2C)=NN1c1ccc(P)cc1P. The van der Waals surface area contributed by atoms with E-state index in [1.54, 1.807) is 11.3 Å². The fourth-order valence-electron chi connectivity index (χ4n) is 4.59. The lowest BCUT2D eigenvalue weighted by atomic mass is 9.75. The number of carbonyl (C=O) groups is 2. The number of nitrogens with zero attached hydrogens (tertiary/aromatic N) is 2. The Morgan fingerprint density at radius 3 is 2.57 bits per heavy atom. The highest BCUT2D eigenvalue weighted by Crippen LogP contribution is 2.45. The topological polar surface area (TPSA) is 71.0 Å². The zero-order valence-corrected chi connectivity index (χ0v) is 23.3. The maximum Gasteiger partial charge on any atom is 0.325 e. The molecule has 2 heterocycles. The van der Waals surface area contributed by atoms with Gasteiger partial charge in [-0.2, -0.15) is 16.4 Å². The quantitative estimate of drug-likeness (QED) is 0.396. The van der Waals surface area contributed by atoms with Crippen molar-refractivity contribution >= 4 is 63.7 Å². The summed E-state index contributed by atoms with van der Waals surface area (Å²) in [5.74, 6) is -1.18. The lowest BCUT2D eigenvalue weighted by molar-refractivity contribution is -0.141. The second-order valence-corrected chi connectivity index (χ2v) is 10.9. The molecular formula is C26H29N3O3P2S. The summed E-state index contributed by atoms with van der Waals surface area (Å²) in [6.45, 7) is 5.80. The summed E-state index contributed by atoms with van der Waals surface area (Å²) in [5.41, 5.74) is 4.72. The number of ether oxygens (including phenoxy) is 1. The number of thiophene rings is 1. The average Bonchev–Trinajstić information content (AvgIpc) is 3.44. The molecule has 0 spiro atoms. The van der Waals surface area contributed by atoms with Crippen LogP contribution in [0.15, 0.2) is 58.3 Å². The molecule has 1 N–H and O–H groups in total. The minimum Gasteiger partial charge on any atom is -0.468 e. The highest BCUT2D eigenvalue weighted by Gasteiger charge is 2.55. The molecule has 0 bridgehead atoms. The van der Waals surface area contributed by atoms with Crippen molar-refractivity contribution < 1.29 is 14.3 Å². The van der Waals surface area contributed by atoms with Gasteiger partial charge in [-0.15, -0.1) is 18.5 Å². The first kappa shape index (κ1) is 25.5. The van der Waals surface area contributed by atoms with E-state index >= 15 is 0 Å². The number of carbonyl (C=O) groups excluding carboxylic acids is 2. The highest BCUT2D eigenvalue weighted by molar-refractivity contribution is 7.29. The summed E-state index contributed by atoms with van der Waals surface area (Å²) < 4.78 is 4.76. The Hall–Kier alpha value is -2.59. The Kier molecular flexibility index (Phi) is 7.42. The van der Waals surface area contributed by atoms with Crippen LogP contribution in [0.3, 0.4) is 0 Å². The monoisotopic (exact) mass is 525 g/mol. The molecule has 1 amide bonds. The van der Waals surface area contributed by atoms with Crippen LogP contribution in [0.25, 0.3) is 0 Å². The summed E-state index contributed by atoms with van der Waals surface area (Å²) in [4.78, 5) is 25.8. The second-order valence-electron chi connectivity index (χ2n) is 8.83. The summed E-state index contributed by atoms with van der Waals surface area (Å²) in [6.07, 6.45) is 0. The van der Waals surface area contributed by atoms with Crippen molar-refractivity contribution in [3.05, 3.63) is 75.5 Å². The minimum absolute atomic E-state index is 0.216. The molecule has 0 saturated heterocycles. The van der Waals surface area contributed by atoms with Gasteiger partial charge < -0.3 is 10.1 Å². The van der Waals surface area contributed by atoms with Crippen LogP contribution in [0.4, 0.5) is 5.69 Å². The molecule has 1 aliphatic rings. The number of rotatable bonds is 6. The van der Waals surface area contributed by atoms with Gasteiger partial charge in [-0.3, -0.25) is 9.59 Å². The molecule has 4 unspecified atom stereocenters. The van der Waals surface area contributed by atoms with Gasteiger partial charge in [-0.1, -0.05) is 29.8 Å². The highest BCUT2D eigenvalue weighted by atomic mass is 32.1. The van der Waals surface area contributed by atoms with Crippen LogP contribution in [0.5, 0.6) is 0 Å². The Morgan fingerprint density at radius 2 is 1.94 bits per heavy atom. The van der Waals surface area contributed by atoms with E-state index in [-0.39, 0.29) is 18.4 Å². The molecule has 9 heteroatoms. The van der Waals surface area contributed by atoms with E-state index in [0.29, 0.717) is 0 Å². The standard InChI is InChI=1S/C26H29N3O3P2S/c1-15-5-7-19(16(2)11-15)24-23(17-9-10-35-14-17)26(3,25(31)27-13-22(30)32-4)29(28-24)20-8-6-18(33)12-21(20)34/h5-12,14,23H,13,33-34H2,1-4H3,(H,27,31). The first-order valence-electron chi connectivity index (χ1n) is 11.2. The largest absolute Gasteiger partial charge is 0.468 e. The summed E-state index contributed by atoms with van der Waals surface area (Å²) in [7, 11) is 6.75. The maximum absolute atomic E-state index is 13.9. The molecule has 6 nitrogen and oxygen atoms in total. The molecule has 4 rings (SSSR count). The van der Waals surface area contributed by atoms with Crippen molar-refractivity contribution in [2.24, 2.45) is 5.10 Å². The molecule has 1 aromatic heterocycles. The van der Waals surface area contributed by atoms with Gasteiger partial charge in [-0.05, 0) is 71.5 Å². The van der Waals surface area contributed by atoms with Gasteiger partial charge in [0.2, 0.25) is 5.91 Å². The van der Waals surface area contributed by atoms with E-state index in [4.69, 9.17) is 9.84 Å². The van der Waals surface area contributed by atoms with Crippen LogP contribution in [0, 0.1) is 13.8 Å². The van der Waals surface area contributed by atoms with Crippen molar-refractivity contribution in [1.29, 1.82) is 0 Å². The fraction of sp³-hybridized carbons (Fsp3) is 0.269. The third-order valence-corrected chi connectivity index (χ3v) is 7.90. The normalized spacial score (nSPS) is 19.4. The first-order chi connectivity index (χ1) is 16.7.